The second-order valence-corrected chi connectivity index (χ2v) is 4.83. The van der Waals surface area contributed by atoms with Crippen LogP contribution in [-0.4, -0.2) is 20.9 Å². The summed E-state index contributed by atoms with van der Waals surface area (Å²) in [5.41, 5.74) is 0.856. The number of nitrogens with zero attached hydrogens (tertiary/aromatic N) is 3. The Kier molecular flexibility index (Phi) is 3.68. The molecule has 0 N–H and O–H groups in total. The molecule has 114 valence electrons. The van der Waals surface area contributed by atoms with Crippen LogP contribution >= 0.6 is 0 Å². The quantitative estimate of drug-likeness (QED) is 0.319. The SMILES string of the molecule is Cc1cc([N+](=O)[O-])c(OC(=O)c2cccnc2)c2ncccc12. The molecule has 0 unspecified atom stereocenters. The summed E-state index contributed by atoms with van der Waals surface area (Å²) in [6, 6.07) is 7.95. The lowest BCUT2D eigenvalue weighted by atomic mass is 10.1. The van der Waals surface area contributed by atoms with Crippen LogP contribution in [-0.2, 0) is 0 Å². The molecule has 0 aliphatic heterocycles. The number of pyridine rings is 2. The van der Waals surface area contributed by atoms with Crippen molar-refractivity contribution >= 4 is 22.6 Å². The molecule has 0 saturated carbocycles. The first-order valence-electron chi connectivity index (χ1n) is 6.73. The van der Waals surface area contributed by atoms with Gasteiger partial charge in [0.1, 0.15) is 5.52 Å². The Morgan fingerprint density at radius 2 is 2.04 bits per heavy atom. The van der Waals surface area contributed by atoms with E-state index in [1.807, 2.05) is 0 Å². The maximum Gasteiger partial charge on any atom is 0.345 e. The van der Waals surface area contributed by atoms with Crippen molar-refractivity contribution in [1.82, 2.24) is 9.97 Å². The van der Waals surface area contributed by atoms with E-state index in [4.69, 9.17) is 4.74 Å². The lowest BCUT2D eigenvalue weighted by Crippen LogP contribution is -2.11. The van der Waals surface area contributed by atoms with Gasteiger partial charge in [0.15, 0.2) is 0 Å². The van der Waals surface area contributed by atoms with Crippen molar-refractivity contribution in [3.63, 3.8) is 0 Å². The number of hydrogen-bond acceptors (Lipinski definition) is 6. The first kappa shape index (κ1) is 14.6. The van der Waals surface area contributed by atoms with Crippen molar-refractivity contribution in [2.75, 3.05) is 0 Å². The third-order valence-electron chi connectivity index (χ3n) is 3.32. The van der Waals surface area contributed by atoms with Crippen LogP contribution in [0.3, 0.4) is 0 Å². The fourth-order valence-electron chi connectivity index (χ4n) is 2.25. The number of aromatic nitrogens is 2. The van der Waals surface area contributed by atoms with Crippen LogP contribution in [0.1, 0.15) is 15.9 Å². The van der Waals surface area contributed by atoms with Gasteiger partial charge in [-0.3, -0.25) is 20.1 Å². The number of carbonyl (C=O) groups is 1. The van der Waals surface area contributed by atoms with E-state index < -0.39 is 10.9 Å². The molecule has 0 bridgehead atoms. The smallest absolute Gasteiger partial charge is 0.345 e. The van der Waals surface area contributed by atoms with Gasteiger partial charge in [0.2, 0.25) is 5.75 Å². The minimum absolute atomic E-state index is 0.162. The molecule has 2 heterocycles. The van der Waals surface area contributed by atoms with Crippen molar-refractivity contribution < 1.29 is 14.5 Å². The highest BCUT2D eigenvalue weighted by Gasteiger charge is 2.24. The molecule has 0 aliphatic rings. The highest BCUT2D eigenvalue weighted by atomic mass is 16.6. The molecule has 7 nitrogen and oxygen atoms in total. The Morgan fingerprint density at radius 3 is 2.74 bits per heavy atom. The van der Waals surface area contributed by atoms with Crippen molar-refractivity contribution in [3.05, 3.63) is 70.2 Å². The topological polar surface area (TPSA) is 95.2 Å². The number of ether oxygens (including phenoxy) is 1. The largest absolute Gasteiger partial charge is 0.413 e. The Bertz CT molecular complexity index is 910. The van der Waals surface area contributed by atoms with Gasteiger partial charge in [0, 0.05) is 30.0 Å². The number of nitro benzene ring substituents is 1. The van der Waals surface area contributed by atoms with Gasteiger partial charge in [-0.25, -0.2) is 4.79 Å². The summed E-state index contributed by atoms with van der Waals surface area (Å²) >= 11 is 0. The molecule has 7 heteroatoms. The first-order chi connectivity index (χ1) is 11.1. The van der Waals surface area contributed by atoms with Gasteiger partial charge >= 0.3 is 11.7 Å². The molecule has 3 aromatic rings. The second kappa shape index (κ2) is 5.80. The maximum absolute atomic E-state index is 12.2. The average Bonchev–Trinajstić information content (AvgIpc) is 2.57. The summed E-state index contributed by atoms with van der Waals surface area (Å²) in [4.78, 5) is 30.9. The number of carbonyl (C=O) groups excluding carboxylic acids is 1. The fourth-order valence-corrected chi connectivity index (χ4v) is 2.25. The first-order valence-corrected chi connectivity index (χ1v) is 6.73. The zero-order valence-corrected chi connectivity index (χ0v) is 12.1. The lowest BCUT2D eigenvalue weighted by Gasteiger charge is -2.09. The lowest BCUT2D eigenvalue weighted by molar-refractivity contribution is -0.385. The molecule has 1 aromatic carbocycles. The van der Waals surface area contributed by atoms with Crippen molar-refractivity contribution in [2.45, 2.75) is 6.92 Å². The number of nitro groups is 1. The maximum atomic E-state index is 12.2. The van der Waals surface area contributed by atoms with E-state index in [0.29, 0.717) is 10.9 Å². The van der Waals surface area contributed by atoms with Crippen molar-refractivity contribution in [1.29, 1.82) is 0 Å². The highest BCUT2D eigenvalue weighted by molar-refractivity contribution is 5.97. The predicted molar refractivity (Wildman–Crippen MR) is 82.3 cm³/mol. The molecule has 23 heavy (non-hydrogen) atoms. The molecule has 0 atom stereocenters. The normalized spacial score (nSPS) is 10.5. The van der Waals surface area contributed by atoms with Crippen molar-refractivity contribution in [3.8, 4) is 5.75 Å². The molecule has 3 rings (SSSR count). The Labute approximate surface area is 130 Å². The van der Waals surface area contributed by atoms with E-state index in [-0.39, 0.29) is 22.5 Å². The van der Waals surface area contributed by atoms with Crippen LogP contribution in [0.4, 0.5) is 5.69 Å². The Balaban J connectivity index is 2.15. The van der Waals surface area contributed by atoms with Gasteiger partial charge in [0.25, 0.3) is 0 Å². The van der Waals surface area contributed by atoms with Gasteiger partial charge in [-0.2, -0.15) is 0 Å². The van der Waals surface area contributed by atoms with Gasteiger partial charge < -0.3 is 4.74 Å². The fraction of sp³-hybridized carbons (Fsp3) is 0.0625. The van der Waals surface area contributed by atoms with E-state index in [9.17, 15) is 14.9 Å². The summed E-state index contributed by atoms with van der Waals surface area (Å²) in [6.45, 7) is 1.74. The van der Waals surface area contributed by atoms with Crippen molar-refractivity contribution in [2.24, 2.45) is 0 Å². The van der Waals surface area contributed by atoms with E-state index in [2.05, 4.69) is 9.97 Å². The molecule has 2 aromatic heterocycles. The summed E-state index contributed by atoms with van der Waals surface area (Å²) in [5.74, 6) is -0.887. The van der Waals surface area contributed by atoms with Crippen LogP contribution < -0.4 is 4.74 Å². The number of fused-ring (bicyclic) bond motifs is 1. The van der Waals surface area contributed by atoms with Crippen LogP contribution in [0.25, 0.3) is 10.9 Å². The summed E-state index contributed by atoms with van der Waals surface area (Å²) in [7, 11) is 0. The van der Waals surface area contributed by atoms with E-state index in [0.717, 1.165) is 0 Å². The zero-order chi connectivity index (χ0) is 16.4. The summed E-state index contributed by atoms with van der Waals surface area (Å²) < 4.78 is 5.28. The molecule has 0 radical (unpaired) electrons. The average molecular weight is 309 g/mol. The van der Waals surface area contributed by atoms with Crippen LogP contribution in [0.5, 0.6) is 5.75 Å². The van der Waals surface area contributed by atoms with Crippen LogP contribution in [0, 0.1) is 17.0 Å². The third kappa shape index (κ3) is 2.71. The minimum Gasteiger partial charge on any atom is -0.413 e. The molecule has 0 spiro atoms. The number of benzene rings is 1. The zero-order valence-electron chi connectivity index (χ0n) is 12.1. The van der Waals surface area contributed by atoms with E-state index in [1.165, 1.54) is 30.7 Å². The number of esters is 1. The monoisotopic (exact) mass is 309 g/mol. The number of hydrogen-bond donors (Lipinski definition) is 0. The van der Waals surface area contributed by atoms with E-state index in [1.54, 1.807) is 25.1 Å². The summed E-state index contributed by atoms with van der Waals surface area (Å²) in [6.07, 6.45) is 4.34. The molecule has 0 fully saturated rings. The van der Waals surface area contributed by atoms with Crippen LogP contribution in [0.2, 0.25) is 0 Å². The van der Waals surface area contributed by atoms with Gasteiger partial charge in [-0.1, -0.05) is 6.07 Å². The molecular formula is C16H11N3O4. The number of aryl methyl sites for hydroxylation is 1. The second-order valence-electron chi connectivity index (χ2n) is 4.83. The predicted octanol–water partition coefficient (Wildman–Crippen LogP) is 3.07. The summed E-state index contributed by atoms with van der Waals surface area (Å²) in [5, 5.41) is 12.0. The van der Waals surface area contributed by atoms with Gasteiger partial charge in [-0.15, -0.1) is 0 Å². The minimum atomic E-state index is -0.725. The molecule has 0 amide bonds. The Morgan fingerprint density at radius 1 is 1.26 bits per heavy atom. The number of rotatable bonds is 3. The Hall–Kier alpha value is -3.35. The van der Waals surface area contributed by atoms with Crippen LogP contribution in [0.15, 0.2) is 48.9 Å². The van der Waals surface area contributed by atoms with E-state index >= 15 is 0 Å². The van der Waals surface area contributed by atoms with Gasteiger partial charge in [-0.05, 0) is 30.7 Å². The highest BCUT2D eigenvalue weighted by Crippen LogP contribution is 2.36. The van der Waals surface area contributed by atoms with Gasteiger partial charge in [0.05, 0.1) is 10.5 Å². The molecular weight excluding hydrogens is 298 g/mol. The molecule has 0 aliphatic carbocycles. The molecule has 0 saturated heterocycles. The third-order valence-corrected chi connectivity index (χ3v) is 3.32. The standard InChI is InChI=1S/C16H11N3O4/c1-10-8-13(19(21)22)15(14-12(10)5-3-7-18-14)23-16(20)11-4-2-6-17-9-11/h2-9H,1H3.